The summed E-state index contributed by atoms with van der Waals surface area (Å²) in [5, 5.41) is 0. The first kappa shape index (κ1) is 15.5. The van der Waals surface area contributed by atoms with Gasteiger partial charge in [-0.3, -0.25) is 9.71 Å². The second-order valence-electron chi connectivity index (χ2n) is 4.25. The lowest BCUT2D eigenvalue weighted by molar-refractivity contribution is 0.0785. The van der Waals surface area contributed by atoms with Gasteiger partial charge in [-0.25, -0.2) is 13.2 Å². The molecule has 116 valence electrons. The third kappa shape index (κ3) is 4.59. The summed E-state index contributed by atoms with van der Waals surface area (Å²) in [4.78, 5) is 13.5. The standard InChI is InChI=1S/C12H16N2O6S/c1-18-4-5-19-6-7-21(16,17)14-9-2-3-11-10(8-9)13-12(15)20-11/h2-3,8,14H,4-7H2,1H3,(H,13,15). The molecule has 0 bridgehead atoms. The number of methoxy groups -OCH3 is 1. The van der Waals surface area contributed by atoms with Gasteiger partial charge in [0.15, 0.2) is 5.58 Å². The smallest absolute Gasteiger partial charge is 0.408 e. The molecule has 0 spiro atoms. The molecule has 0 amide bonds. The van der Waals surface area contributed by atoms with Crippen LogP contribution in [0, 0.1) is 0 Å². The van der Waals surface area contributed by atoms with Gasteiger partial charge in [0.1, 0.15) is 0 Å². The summed E-state index contributed by atoms with van der Waals surface area (Å²) in [6.07, 6.45) is 0. The van der Waals surface area contributed by atoms with E-state index < -0.39 is 15.8 Å². The van der Waals surface area contributed by atoms with Crippen molar-refractivity contribution in [3.05, 3.63) is 28.7 Å². The molecule has 0 radical (unpaired) electrons. The van der Waals surface area contributed by atoms with Gasteiger partial charge in [0, 0.05) is 7.11 Å². The van der Waals surface area contributed by atoms with E-state index in [1.54, 1.807) is 0 Å². The maximum Gasteiger partial charge on any atom is 0.417 e. The average molecular weight is 316 g/mol. The van der Waals surface area contributed by atoms with E-state index in [1.807, 2.05) is 0 Å². The highest BCUT2D eigenvalue weighted by Crippen LogP contribution is 2.17. The number of rotatable bonds is 8. The fourth-order valence-corrected chi connectivity index (χ4v) is 2.58. The van der Waals surface area contributed by atoms with Crippen molar-refractivity contribution >= 4 is 26.8 Å². The number of benzene rings is 1. The molecule has 9 heteroatoms. The van der Waals surface area contributed by atoms with E-state index >= 15 is 0 Å². The highest BCUT2D eigenvalue weighted by atomic mass is 32.2. The molecule has 0 aliphatic carbocycles. The number of fused-ring (bicyclic) bond motifs is 1. The summed E-state index contributed by atoms with van der Waals surface area (Å²) >= 11 is 0. The molecule has 1 aromatic heterocycles. The zero-order valence-corrected chi connectivity index (χ0v) is 12.2. The highest BCUT2D eigenvalue weighted by Gasteiger charge is 2.11. The van der Waals surface area contributed by atoms with Crippen LogP contribution < -0.4 is 10.5 Å². The topological polar surface area (TPSA) is 111 Å². The van der Waals surface area contributed by atoms with E-state index in [9.17, 15) is 13.2 Å². The highest BCUT2D eigenvalue weighted by molar-refractivity contribution is 7.92. The Morgan fingerprint density at radius 1 is 1.29 bits per heavy atom. The Hall–Kier alpha value is -1.84. The fraction of sp³-hybridized carbons (Fsp3) is 0.417. The minimum atomic E-state index is -3.52. The monoisotopic (exact) mass is 316 g/mol. The number of oxazole rings is 1. The number of nitrogens with one attached hydrogen (secondary N) is 2. The number of hydrogen-bond donors (Lipinski definition) is 2. The van der Waals surface area contributed by atoms with Gasteiger partial charge in [0.05, 0.1) is 36.8 Å². The summed E-state index contributed by atoms with van der Waals surface area (Å²) in [5.74, 6) is -0.757. The Bertz CT molecular complexity index is 748. The van der Waals surface area contributed by atoms with E-state index in [0.29, 0.717) is 30.0 Å². The van der Waals surface area contributed by atoms with Crippen molar-refractivity contribution < 1.29 is 22.3 Å². The summed E-state index contributed by atoms with van der Waals surface area (Å²) in [6.45, 7) is 0.829. The SMILES string of the molecule is COCCOCCS(=O)(=O)Nc1ccc2oc(=O)[nH]c2c1. The lowest BCUT2D eigenvalue weighted by Crippen LogP contribution is -2.20. The Morgan fingerprint density at radius 3 is 2.86 bits per heavy atom. The summed E-state index contributed by atoms with van der Waals surface area (Å²) < 4.78 is 40.9. The van der Waals surface area contributed by atoms with Crippen molar-refractivity contribution in [1.82, 2.24) is 4.98 Å². The Labute approximate surface area is 121 Å². The third-order valence-corrected chi connectivity index (χ3v) is 3.87. The van der Waals surface area contributed by atoms with E-state index in [2.05, 4.69) is 9.71 Å². The zero-order valence-electron chi connectivity index (χ0n) is 11.4. The molecule has 0 unspecified atom stereocenters. The van der Waals surface area contributed by atoms with Crippen molar-refractivity contribution in [2.24, 2.45) is 0 Å². The number of aromatic nitrogens is 1. The molecule has 0 saturated carbocycles. The molecular formula is C12H16N2O6S. The molecule has 8 nitrogen and oxygen atoms in total. The second kappa shape index (κ2) is 6.74. The van der Waals surface area contributed by atoms with Crippen LogP contribution in [0.15, 0.2) is 27.4 Å². The van der Waals surface area contributed by atoms with Gasteiger partial charge in [0.25, 0.3) is 0 Å². The molecule has 1 aromatic carbocycles. The van der Waals surface area contributed by atoms with Crippen LogP contribution in [0.5, 0.6) is 0 Å². The predicted molar refractivity (Wildman–Crippen MR) is 76.9 cm³/mol. The molecule has 2 aromatic rings. The lowest BCUT2D eigenvalue weighted by Gasteiger charge is -2.08. The third-order valence-electron chi connectivity index (χ3n) is 2.62. The van der Waals surface area contributed by atoms with Crippen LogP contribution in [0.25, 0.3) is 11.1 Å². The Morgan fingerprint density at radius 2 is 2.10 bits per heavy atom. The summed E-state index contributed by atoms with van der Waals surface area (Å²) in [6, 6.07) is 4.52. The first-order valence-electron chi connectivity index (χ1n) is 6.20. The van der Waals surface area contributed by atoms with Crippen molar-refractivity contribution in [3.63, 3.8) is 0 Å². The van der Waals surface area contributed by atoms with Crippen LogP contribution in [0.3, 0.4) is 0 Å². The van der Waals surface area contributed by atoms with Crippen LogP contribution >= 0.6 is 0 Å². The number of H-pyrrole nitrogens is 1. The molecular weight excluding hydrogens is 300 g/mol. The molecule has 1 heterocycles. The van der Waals surface area contributed by atoms with Crippen molar-refractivity contribution in [3.8, 4) is 0 Å². The zero-order chi connectivity index (χ0) is 15.3. The summed E-state index contributed by atoms with van der Waals surface area (Å²) in [5.41, 5.74) is 1.14. The van der Waals surface area contributed by atoms with Gasteiger partial charge in [0.2, 0.25) is 10.0 Å². The normalized spacial score (nSPS) is 11.9. The maximum absolute atomic E-state index is 11.9. The van der Waals surface area contributed by atoms with Gasteiger partial charge in [-0.05, 0) is 18.2 Å². The minimum Gasteiger partial charge on any atom is -0.408 e. The summed E-state index contributed by atoms with van der Waals surface area (Å²) in [7, 11) is -1.98. The first-order chi connectivity index (χ1) is 10.00. The van der Waals surface area contributed by atoms with E-state index in [1.165, 1.54) is 25.3 Å². The van der Waals surface area contributed by atoms with Gasteiger partial charge < -0.3 is 13.9 Å². The van der Waals surface area contributed by atoms with Gasteiger partial charge in [-0.15, -0.1) is 0 Å². The van der Waals surface area contributed by atoms with Crippen molar-refractivity contribution in [2.45, 2.75) is 0 Å². The number of ether oxygens (including phenoxy) is 2. The fourth-order valence-electron chi connectivity index (χ4n) is 1.66. The molecule has 21 heavy (non-hydrogen) atoms. The van der Waals surface area contributed by atoms with Crippen LogP contribution in [-0.2, 0) is 19.5 Å². The Balaban J connectivity index is 1.96. The maximum atomic E-state index is 11.9. The molecule has 0 saturated heterocycles. The van der Waals surface area contributed by atoms with Gasteiger partial charge in [-0.2, -0.15) is 0 Å². The minimum absolute atomic E-state index is 0.0729. The molecule has 0 aliphatic rings. The molecule has 2 rings (SSSR count). The van der Waals surface area contributed by atoms with Gasteiger partial charge >= 0.3 is 5.76 Å². The molecule has 0 aliphatic heterocycles. The number of anilines is 1. The van der Waals surface area contributed by atoms with Gasteiger partial charge in [-0.1, -0.05) is 0 Å². The quantitative estimate of drug-likeness (QED) is 0.687. The number of aromatic amines is 1. The molecule has 0 fully saturated rings. The van der Waals surface area contributed by atoms with E-state index in [-0.39, 0.29) is 12.4 Å². The Kier molecular flexibility index (Phi) is 4.99. The molecule has 0 atom stereocenters. The van der Waals surface area contributed by atoms with Crippen LogP contribution in [-0.4, -0.2) is 46.1 Å². The second-order valence-corrected chi connectivity index (χ2v) is 6.09. The average Bonchev–Trinajstić information content (AvgIpc) is 2.77. The van der Waals surface area contributed by atoms with Crippen molar-refractivity contribution in [1.29, 1.82) is 0 Å². The predicted octanol–water partition coefficient (Wildman–Crippen LogP) is 0.526. The number of hydrogen-bond acceptors (Lipinski definition) is 6. The van der Waals surface area contributed by atoms with E-state index in [4.69, 9.17) is 13.9 Å². The van der Waals surface area contributed by atoms with Crippen LogP contribution in [0.1, 0.15) is 0 Å². The van der Waals surface area contributed by atoms with Crippen LogP contribution in [0.4, 0.5) is 5.69 Å². The first-order valence-corrected chi connectivity index (χ1v) is 7.85. The van der Waals surface area contributed by atoms with Crippen LogP contribution in [0.2, 0.25) is 0 Å². The van der Waals surface area contributed by atoms with E-state index in [0.717, 1.165) is 0 Å². The molecule has 2 N–H and O–H groups in total. The number of sulfonamides is 1. The lowest BCUT2D eigenvalue weighted by atomic mass is 10.3. The largest absolute Gasteiger partial charge is 0.417 e. The van der Waals surface area contributed by atoms with Crippen molar-refractivity contribution in [2.75, 3.05) is 37.4 Å².